The maximum atomic E-state index is 12.6. The predicted octanol–water partition coefficient (Wildman–Crippen LogP) is -0.839. The molecule has 0 radical (unpaired) electrons. The van der Waals surface area contributed by atoms with Crippen molar-refractivity contribution in [2.45, 2.75) is 39.0 Å². The van der Waals surface area contributed by atoms with Crippen molar-refractivity contribution in [3.05, 3.63) is 0 Å². The molecule has 2 aliphatic rings. The van der Waals surface area contributed by atoms with Gasteiger partial charge >= 0.3 is 0 Å². The predicted molar refractivity (Wildman–Crippen MR) is 69.7 cm³/mol. The van der Waals surface area contributed by atoms with Gasteiger partial charge in [-0.05, 0) is 20.8 Å². The number of morpholine rings is 1. The van der Waals surface area contributed by atoms with Crippen LogP contribution in [0.4, 0.5) is 0 Å². The van der Waals surface area contributed by atoms with Crippen LogP contribution in [-0.4, -0.2) is 67.4 Å². The first-order valence-electron chi connectivity index (χ1n) is 6.52. The summed E-state index contributed by atoms with van der Waals surface area (Å²) in [5.74, 6) is -0.246. The molecule has 3 unspecified atom stereocenters. The number of ether oxygens (including phenoxy) is 1. The number of amides is 1. The minimum absolute atomic E-state index is 0.132. The Balaban J connectivity index is 2.19. The van der Waals surface area contributed by atoms with Gasteiger partial charge in [0.25, 0.3) is 10.2 Å². The van der Waals surface area contributed by atoms with Crippen molar-refractivity contribution in [1.82, 2.24) is 13.9 Å². The molecule has 19 heavy (non-hydrogen) atoms. The van der Waals surface area contributed by atoms with E-state index in [-0.39, 0.29) is 18.1 Å². The Morgan fingerprint density at radius 3 is 2.37 bits per heavy atom. The molecule has 110 valence electrons. The SMILES string of the molecule is CC1CN(S(=O)(=O)N2CCNC(=O)C2C)CC(C)O1. The first kappa shape index (κ1) is 14.7. The Hall–Kier alpha value is -0.700. The van der Waals surface area contributed by atoms with Crippen LogP contribution >= 0.6 is 0 Å². The molecule has 0 spiro atoms. The quantitative estimate of drug-likeness (QED) is 0.719. The highest BCUT2D eigenvalue weighted by Crippen LogP contribution is 2.20. The number of piperazine rings is 1. The van der Waals surface area contributed by atoms with E-state index in [1.165, 1.54) is 8.61 Å². The smallest absolute Gasteiger partial charge is 0.282 e. The molecule has 3 atom stereocenters. The molecule has 0 bridgehead atoms. The maximum absolute atomic E-state index is 12.6. The van der Waals surface area contributed by atoms with E-state index < -0.39 is 16.3 Å². The van der Waals surface area contributed by atoms with E-state index >= 15 is 0 Å². The Morgan fingerprint density at radius 2 is 1.79 bits per heavy atom. The largest absolute Gasteiger partial charge is 0.373 e. The molecule has 2 rings (SSSR count). The Labute approximate surface area is 114 Å². The van der Waals surface area contributed by atoms with Gasteiger partial charge in [-0.3, -0.25) is 4.79 Å². The average molecular weight is 291 g/mol. The lowest BCUT2D eigenvalue weighted by Gasteiger charge is -2.40. The summed E-state index contributed by atoms with van der Waals surface area (Å²) >= 11 is 0. The second-order valence-corrected chi connectivity index (χ2v) is 7.04. The molecule has 0 aromatic carbocycles. The van der Waals surface area contributed by atoms with Gasteiger partial charge in [0.2, 0.25) is 5.91 Å². The van der Waals surface area contributed by atoms with E-state index in [0.717, 1.165) is 0 Å². The zero-order valence-electron chi connectivity index (χ0n) is 11.5. The van der Waals surface area contributed by atoms with Crippen LogP contribution in [0.5, 0.6) is 0 Å². The molecule has 2 aliphatic heterocycles. The third-order valence-corrected chi connectivity index (χ3v) is 5.49. The van der Waals surface area contributed by atoms with Crippen molar-refractivity contribution in [1.29, 1.82) is 0 Å². The lowest BCUT2D eigenvalue weighted by molar-refractivity contribution is -0.126. The maximum Gasteiger partial charge on any atom is 0.282 e. The highest BCUT2D eigenvalue weighted by atomic mass is 32.2. The molecule has 0 aliphatic carbocycles. The van der Waals surface area contributed by atoms with Gasteiger partial charge in [-0.1, -0.05) is 0 Å². The fraction of sp³-hybridized carbons (Fsp3) is 0.909. The lowest BCUT2D eigenvalue weighted by atomic mass is 10.2. The van der Waals surface area contributed by atoms with E-state index in [0.29, 0.717) is 26.2 Å². The van der Waals surface area contributed by atoms with Crippen molar-refractivity contribution >= 4 is 16.1 Å². The summed E-state index contributed by atoms with van der Waals surface area (Å²) in [5, 5.41) is 2.67. The number of nitrogens with one attached hydrogen (secondary N) is 1. The molecule has 2 saturated heterocycles. The molecule has 2 heterocycles. The van der Waals surface area contributed by atoms with Crippen LogP contribution in [0, 0.1) is 0 Å². The van der Waals surface area contributed by atoms with Crippen molar-refractivity contribution < 1.29 is 17.9 Å². The van der Waals surface area contributed by atoms with Crippen molar-refractivity contribution in [2.24, 2.45) is 0 Å². The van der Waals surface area contributed by atoms with Crippen LogP contribution in [0.3, 0.4) is 0 Å². The van der Waals surface area contributed by atoms with E-state index in [4.69, 9.17) is 4.74 Å². The third-order valence-electron chi connectivity index (χ3n) is 3.45. The molecule has 0 aromatic heterocycles. The Kier molecular flexibility index (Phi) is 4.14. The van der Waals surface area contributed by atoms with Crippen LogP contribution in [-0.2, 0) is 19.7 Å². The number of carbonyl (C=O) groups excluding carboxylic acids is 1. The zero-order chi connectivity index (χ0) is 14.2. The topological polar surface area (TPSA) is 79.0 Å². The fourth-order valence-corrected chi connectivity index (χ4v) is 4.45. The summed E-state index contributed by atoms with van der Waals surface area (Å²) in [6.07, 6.45) is -0.264. The molecule has 2 fully saturated rings. The van der Waals surface area contributed by atoms with Crippen LogP contribution < -0.4 is 5.32 Å². The van der Waals surface area contributed by atoms with Crippen molar-refractivity contribution in [2.75, 3.05) is 26.2 Å². The first-order chi connectivity index (χ1) is 8.82. The minimum atomic E-state index is -3.61. The van der Waals surface area contributed by atoms with E-state index in [1.54, 1.807) is 6.92 Å². The van der Waals surface area contributed by atoms with Crippen molar-refractivity contribution in [3.63, 3.8) is 0 Å². The first-order valence-corrected chi connectivity index (χ1v) is 7.92. The number of rotatable bonds is 2. The van der Waals surface area contributed by atoms with Crippen LogP contribution in [0.1, 0.15) is 20.8 Å². The molecule has 8 heteroatoms. The molecule has 0 aromatic rings. The van der Waals surface area contributed by atoms with Gasteiger partial charge in [-0.2, -0.15) is 17.0 Å². The normalized spacial score (nSPS) is 35.1. The van der Waals surface area contributed by atoms with Crippen molar-refractivity contribution in [3.8, 4) is 0 Å². The summed E-state index contributed by atoms with van der Waals surface area (Å²) in [7, 11) is -3.61. The number of hydrogen-bond acceptors (Lipinski definition) is 4. The second kappa shape index (κ2) is 5.35. The summed E-state index contributed by atoms with van der Waals surface area (Å²) in [6, 6.07) is -0.660. The zero-order valence-corrected chi connectivity index (χ0v) is 12.3. The van der Waals surface area contributed by atoms with Crippen LogP contribution in [0.15, 0.2) is 0 Å². The van der Waals surface area contributed by atoms with Gasteiger partial charge < -0.3 is 10.1 Å². The number of hydrogen-bond donors (Lipinski definition) is 1. The summed E-state index contributed by atoms with van der Waals surface area (Å²) in [5.41, 5.74) is 0. The molecule has 1 N–H and O–H groups in total. The summed E-state index contributed by atoms with van der Waals surface area (Å²) < 4.78 is 33.4. The van der Waals surface area contributed by atoms with E-state index in [2.05, 4.69) is 5.32 Å². The molecular formula is C11H21N3O4S. The standard InChI is InChI=1S/C11H21N3O4S/c1-8-6-13(7-9(2)18-8)19(16,17)14-5-4-12-11(15)10(14)3/h8-10H,4-7H2,1-3H3,(H,12,15). The van der Waals surface area contributed by atoms with E-state index in [1.807, 2.05) is 13.8 Å². The van der Waals surface area contributed by atoms with Gasteiger partial charge in [0.05, 0.1) is 12.2 Å². The Morgan fingerprint density at radius 1 is 1.21 bits per heavy atom. The third kappa shape index (κ3) is 2.91. The fourth-order valence-electron chi connectivity index (χ4n) is 2.54. The average Bonchev–Trinajstić information content (AvgIpc) is 2.31. The van der Waals surface area contributed by atoms with Gasteiger partial charge in [0, 0.05) is 26.2 Å². The minimum Gasteiger partial charge on any atom is -0.373 e. The van der Waals surface area contributed by atoms with E-state index in [9.17, 15) is 13.2 Å². The van der Waals surface area contributed by atoms with Crippen LogP contribution in [0.2, 0.25) is 0 Å². The molecule has 7 nitrogen and oxygen atoms in total. The highest BCUT2D eigenvalue weighted by Gasteiger charge is 2.40. The van der Waals surface area contributed by atoms with Crippen LogP contribution in [0.25, 0.3) is 0 Å². The number of nitrogens with zero attached hydrogens (tertiary/aromatic N) is 2. The number of carbonyl (C=O) groups is 1. The monoisotopic (exact) mass is 291 g/mol. The van der Waals surface area contributed by atoms with Gasteiger partial charge in [0.15, 0.2) is 0 Å². The highest BCUT2D eigenvalue weighted by molar-refractivity contribution is 7.86. The summed E-state index contributed by atoms with van der Waals surface area (Å²) in [6.45, 7) is 6.65. The molecule has 0 saturated carbocycles. The Bertz CT molecular complexity index is 443. The summed E-state index contributed by atoms with van der Waals surface area (Å²) in [4.78, 5) is 11.6. The van der Waals surface area contributed by atoms with Gasteiger partial charge in [-0.15, -0.1) is 0 Å². The van der Waals surface area contributed by atoms with Gasteiger partial charge in [-0.25, -0.2) is 0 Å². The molecular weight excluding hydrogens is 270 g/mol. The second-order valence-electron chi connectivity index (χ2n) is 5.16. The lowest BCUT2D eigenvalue weighted by Crippen LogP contribution is -2.61. The van der Waals surface area contributed by atoms with Gasteiger partial charge in [0.1, 0.15) is 6.04 Å². The molecule has 1 amide bonds.